The number of hydrogen-bond donors (Lipinski definition) is 2. The Morgan fingerprint density at radius 2 is 1.71 bits per heavy atom. The van der Waals surface area contributed by atoms with Crippen LogP contribution in [0.15, 0.2) is 48.5 Å². The molecule has 24 heavy (non-hydrogen) atoms. The molecule has 0 aliphatic heterocycles. The van der Waals surface area contributed by atoms with E-state index in [2.05, 4.69) is 10.6 Å². The lowest BCUT2D eigenvalue weighted by Gasteiger charge is -2.10. The molecule has 2 N–H and O–H groups in total. The van der Waals surface area contributed by atoms with Crippen LogP contribution in [0.5, 0.6) is 5.75 Å². The number of carbonyl (C=O) groups excluding carboxylic acids is 2. The molecule has 0 aliphatic rings. The van der Waals surface area contributed by atoms with Crippen LogP contribution in [-0.2, 0) is 16.1 Å². The van der Waals surface area contributed by atoms with E-state index in [4.69, 9.17) is 9.47 Å². The molecule has 0 saturated carbocycles. The Labute approximate surface area is 140 Å². The van der Waals surface area contributed by atoms with Crippen LogP contribution in [0.2, 0.25) is 0 Å². The number of methoxy groups -OCH3 is 2. The van der Waals surface area contributed by atoms with Gasteiger partial charge in [-0.05, 0) is 29.8 Å². The van der Waals surface area contributed by atoms with Crippen LogP contribution in [-0.4, -0.2) is 32.6 Å². The molecule has 6 heteroatoms. The number of para-hydroxylation sites is 1. The molecule has 2 amide bonds. The van der Waals surface area contributed by atoms with Crippen molar-refractivity contribution in [3.8, 4) is 5.75 Å². The molecule has 0 spiro atoms. The molecule has 0 aromatic heterocycles. The third kappa shape index (κ3) is 4.82. The number of ether oxygens (including phenoxy) is 2. The van der Waals surface area contributed by atoms with E-state index in [1.54, 1.807) is 30.3 Å². The zero-order chi connectivity index (χ0) is 17.4. The van der Waals surface area contributed by atoms with Crippen molar-refractivity contribution >= 4 is 17.5 Å². The number of anilines is 1. The highest BCUT2D eigenvalue weighted by atomic mass is 16.5. The van der Waals surface area contributed by atoms with E-state index in [1.807, 2.05) is 18.2 Å². The van der Waals surface area contributed by atoms with E-state index in [0.717, 1.165) is 5.56 Å². The van der Waals surface area contributed by atoms with Gasteiger partial charge in [0.2, 0.25) is 5.91 Å². The first-order chi connectivity index (χ1) is 11.6. The number of amides is 2. The molecular formula is C18H20N2O4. The summed E-state index contributed by atoms with van der Waals surface area (Å²) in [4.78, 5) is 23.6. The van der Waals surface area contributed by atoms with Crippen LogP contribution in [0.25, 0.3) is 0 Å². The summed E-state index contributed by atoms with van der Waals surface area (Å²) in [5.41, 5.74) is 2.09. The second-order valence-electron chi connectivity index (χ2n) is 5.06. The molecule has 0 aliphatic carbocycles. The van der Waals surface area contributed by atoms with Gasteiger partial charge in [-0.2, -0.15) is 0 Å². The molecule has 2 rings (SSSR count). The van der Waals surface area contributed by atoms with Crippen molar-refractivity contribution in [1.29, 1.82) is 0 Å². The summed E-state index contributed by atoms with van der Waals surface area (Å²) in [7, 11) is 3.00. The van der Waals surface area contributed by atoms with Crippen LogP contribution in [0.4, 0.5) is 5.69 Å². The van der Waals surface area contributed by atoms with Gasteiger partial charge in [0, 0.05) is 19.3 Å². The summed E-state index contributed by atoms with van der Waals surface area (Å²) in [6.45, 7) is 0.389. The van der Waals surface area contributed by atoms with Crippen LogP contribution in [0, 0.1) is 0 Å². The number of benzene rings is 2. The third-order valence-electron chi connectivity index (χ3n) is 3.32. The zero-order valence-electron chi connectivity index (χ0n) is 13.7. The summed E-state index contributed by atoms with van der Waals surface area (Å²) in [6, 6.07) is 14.3. The molecule has 6 nitrogen and oxygen atoms in total. The molecule has 2 aromatic rings. The Bertz CT molecular complexity index is 698. The van der Waals surface area contributed by atoms with E-state index in [1.165, 1.54) is 14.2 Å². The largest absolute Gasteiger partial charge is 0.496 e. The maximum atomic E-state index is 12.2. The monoisotopic (exact) mass is 328 g/mol. The molecule has 0 heterocycles. The molecule has 0 unspecified atom stereocenters. The van der Waals surface area contributed by atoms with Gasteiger partial charge in [0.05, 0.1) is 12.7 Å². The van der Waals surface area contributed by atoms with E-state index in [-0.39, 0.29) is 18.4 Å². The molecule has 126 valence electrons. The topological polar surface area (TPSA) is 76.7 Å². The Hall–Kier alpha value is -2.86. The molecule has 0 saturated heterocycles. The average Bonchev–Trinajstić information content (AvgIpc) is 2.61. The highest BCUT2D eigenvalue weighted by molar-refractivity contribution is 5.96. The fraction of sp³-hybridized carbons (Fsp3) is 0.222. The van der Waals surface area contributed by atoms with Crippen molar-refractivity contribution in [2.45, 2.75) is 6.54 Å². The number of rotatable bonds is 7. The predicted molar refractivity (Wildman–Crippen MR) is 91.1 cm³/mol. The van der Waals surface area contributed by atoms with Gasteiger partial charge in [0.1, 0.15) is 12.4 Å². The number of hydrogen-bond acceptors (Lipinski definition) is 4. The fourth-order valence-electron chi connectivity index (χ4n) is 2.14. The van der Waals surface area contributed by atoms with Gasteiger partial charge < -0.3 is 20.1 Å². The van der Waals surface area contributed by atoms with Crippen LogP contribution >= 0.6 is 0 Å². The second-order valence-corrected chi connectivity index (χ2v) is 5.06. The lowest BCUT2D eigenvalue weighted by atomic mass is 10.1. The molecule has 0 atom stereocenters. The molecular weight excluding hydrogens is 308 g/mol. The highest BCUT2D eigenvalue weighted by Crippen LogP contribution is 2.17. The second kappa shape index (κ2) is 8.69. The summed E-state index contributed by atoms with van der Waals surface area (Å²) < 4.78 is 9.94. The van der Waals surface area contributed by atoms with E-state index >= 15 is 0 Å². The molecule has 0 radical (unpaired) electrons. The summed E-state index contributed by atoms with van der Waals surface area (Å²) >= 11 is 0. The SMILES string of the molecule is COCC(=O)Nc1ccc(CNC(=O)c2ccccc2OC)cc1. The molecule has 0 bridgehead atoms. The van der Waals surface area contributed by atoms with Gasteiger partial charge in [0.15, 0.2) is 0 Å². The smallest absolute Gasteiger partial charge is 0.255 e. The molecule has 2 aromatic carbocycles. The van der Waals surface area contributed by atoms with Crippen molar-refractivity contribution < 1.29 is 19.1 Å². The molecule has 0 fully saturated rings. The van der Waals surface area contributed by atoms with Gasteiger partial charge in [-0.15, -0.1) is 0 Å². The first-order valence-corrected chi connectivity index (χ1v) is 7.43. The van der Waals surface area contributed by atoms with Crippen LogP contribution in [0.1, 0.15) is 15.9 Å². The van der Waals surface area contributed by atoms with Crippen LogP contribution < -0.4 is 15.4 Å². The normalized spacial score (nSPS) is 10.1. The Morgan fingerprint density at radius 3 is 2.38 bits per heavy atom. The van der Waals surface area contributed by atoms with E-state index in [0.29, 0.717) is 23.5 Å². The van der Waals surface area contributed by atoms with Gasteiger partial charge in [-0.25, -0.2) is 0 Å². The minimum absolute atomic E-state index is 0.0106. The first kappa shape index (κ1) is 17.5. The Balaban J connectivity index is 1.92. The van der Waals surface area contributed by atoms with Crippen LogP contribution in [0.3, 0.4) is 0 Å². The minimum Gasteiger partial charge on any atom is -0.496 e. The summed E-state index contributed by atoms with van der Waals surface area (Å²) in [5.74, 6) is 0.117. The first-order valence-electron chi connectivity index (χ1n) is 7.43. The summed E-state index contributed by atoms with van der Waals surface area (Å²) in [6.07, 6.45) is 0. The Morgan fingerprint density at radius 1 is 1.00 bits per heavy atom. The maximum Gasteiger partial charge on any atom is 0.255 e. The van der Waals surface area contributed by atoms with Crippen molar-refractivity contribution in [2.75, 3.05) is 26.1 Å². The maximum absolute atomic E-state index is 12.2. The minimum atomic E-state index is -0.213. The lowest BCUT2D eigenvalue weighted by Crippen LogP contribution is -2.23. The van der Waals surface area contributed by atoms with E-state index in [9.17, 15) is 9.59 Å². The fourth-order valence-corrected chi connectivity index (χ4v) is 2.14. The van der Waals surface area contributed by atoms with Gasteiger partial charge in [-0.3, -0.25) is 9.59 Å². The predicted octanol–water partition coefficient (Wildman–Crippen LogP) is 2.21. The average molecular weight is 328 g/mol. The Kier molecular flexibility index (Phi) is 6.33. The van der Waals surface area contributed by atoms with Crippen molar-refractivity contribution in [2.24, 2.45) is 0 Å². The lowest BCUT2D eigenvalue weighted by molar-refractivity contribution is -0.119. The van der Waals surface area contributed by atoms with E-state index < -0.39 is 0 Å². The quantitative estimate of drug-likeness (QED) is 0.817. The van der Waals surface area contributed by atoms with Crippen molar-refractivity contribution in [3.63, 3.8) is 0 Å². The van der Waals surface area contributed by atoms with Crippen molar-refractivity contribution in [1.82, 2.24) is 5.32 Å². The van der Waals surface area contributed by atoms with Gasteiger partial charge in [-0.1, -0.05) is 24.3 Å². The standard InChI is InChI=1S/C18H20N2O4/c1-23-12-17(21)20-14-9-7-13(8-10-14)11-19-18(22)15-5-3-4-6-16(15)24-2/h3-10H,11-12H2,1-2H3,(H,19,22)(H,20,21). The zero-order valence-corrected chi connectivity index (χ0v) is 13.7. The summed E-state index contributed by atoms with van der Waals surface area (Å²) in [5, 5.41) is 5.55. The van der Waals surface area contributed by atoms with Gasteiger partial charge in [0.25, 0.3) is 5.91 Å². The number of nitrogens with one attached hydrogen (secondary N) is 2. The third-order valence-corrected chi connectivity index (χ3v) is 3.32. The number of carbonyl (C=O) groups is 2. The highest BCUT2D eigenvalue weighted by Gasteiger charge is 2.10. The van der Waals surface area contributed by atoms with Crippen molar-refractivity contribution in [3.05, 3.63) is 59.7 Å². The van der Waals surface area contributed by atoms with Gasteiger partial charge >= 0.3 is 0 Å².